The van der Waals surface area contributed by atoms with Crippen molar-refractivity contribution < 1.29 is 24.1 Å². The second-order valence-corrected chi connectivity index (χ2v) is 3.78. The van der Waals surface area contributed by atoms with Gasteiger partial charge in [-0.05, 0) is 24.3 Å². The van der Waals surface area contributed by atoms with Gasteiger partial charge in [0, 0.05) is 12.3 Å². The Labute approximate surface area is 115 Å². The molecule has 2 aromatic rings. The van der Waals surface area contributed by atoms with E-state index in [9.17, 15) is 4.79 Å². The van der Waals surface area contributed by atoms with Gasteiger partial charge in [-0.3, -0.25) is 0 Å². The van der Waals surface area contributed by atoms with Crippen LogP contribution in [0.4, 0.5) is 0 Å². The number of methoxy groups -OCH3 is 2. The molecule has 0 spiro atoms. The van der Waals surface area contributed by atoms with Crippen molar-refractivity contribution in [3.8, 4) is 23.1 Å². The second-order valence-electron chi connectivity index (χ2n) is 3.78. The summed E-state index contributed by atoms with van der Waals surface area (Å²) in [6.07, 6.45) is 1.53. The first-order chi connectivity index (χ1) is 9.65. The Morgan fingerprint density at radius 2 is 1.95 bits per heavy atom. The van der Waals surface area contributed by atoms with Crippen molar-refractivity contribution in [2.45, 2.75) is 0 Å². The van der Waals surface area contributed by atoms with E-state index in [1.165, 1.54) is 32.5 Å². The molecule has 0 fully saturated rings. The fourth-order valence-electron chi connectivity index (χ4n) is 1.60. The van der Waals surface area contributed by atoms with Crippen LogP contribution in [0.2, 0.25) is 0 Å². The minimum atomic E-state index is -1.10. The number of carboxylic acids is 1. The molecule has 0 atom stereocenters. The highest BCUT2D eigenvalue weighted by Crippen LogP contribution is 2.32. The Bertz CT molecular complexity index is 627. The van der Waals surface area contributed by atoms with E-state index >= 15 is 0 Å². The smallest absolute Gasteiger partial charge is 0.339 e. The lowest BCUT2D eigenvalue weighted by Gasteiger charge is -2.11. The normalized spacial score (nSPS) is 9.90. The standard InChI is InChI=1S/C14H13NO5/c1-18-9-5-6-10(14(16)17)12(8-9)20-13-11(19-2)4-3-7-15-13/h3-8H,1-2H3,(H,16,17). The number of aromatic carboxylic acids is 1. The molecule has 6 nitrogen and oxygen atoms in total. The number of aromatic nitrogens is 1. The lowest BCUT2D eigenvalue weighted by atomic mass is 10.2. The molecule has 1 N–H and O–H groups in total. The number of carboxylic acid groups (broad SMARTS) is 1. The van der Waals surface area contributed by atoms with Gasteiger partial charge in [0.2, 0.25) is 0 Å². The van der Waals surface area contributed by atoms with Crippen molar-refractivity contribution in [1.29, 1.82) is 0 Å². The summed E-state index contributed by atoms with van der Waals surface area (Å²) in [4.78, 5) is 15.2. The van der Waals surface area contributed by atoms with Crippen LogP contribution in [0, 0.1) is 0 Å². The van der Waals surface area contributed by atoms with Crippen LogP contribution >= 0.6 is 0 Å². The third-order valence-corrected chi connectivity index (χ3v) is 2.58. The number of hydrogen-bond acceptors (Lipinski definition) is 5. The SMILES string of the molecule is COc1ccc(C(=O)O)c(Oc2ncccc2OC)c1. The third kappa shape index (κ3) is 2.80. The van der Waals surface area contributed by atoms with Gasteiger partial charge in [0.15, 0.2) is 5.75 Å². The van der Waals surface area contributed by atoms with E-state index in [4.69, 9.17) is 19.3 Å². The molecule has 0 saturated heterocycles. The fourth-order valence-corrected chi connectivity index (χ4v) is 1.60. The molecule has 0 radical (unpaired) electrons. The maximum atomic E-state index is 11.2. The van der Waals surface area contributed by atoms with Crippen molar-refractivity contribution in [3.05, 3.63) is 42.1 Å². The summed E-state index contributed by atoms with van der Waals surface area (Å²) in [5.74, 6) is 0.115. The topological polar surface area (TPSA) is 77.9 Å². The molecular weight excluding hydrogens is 262 g/mol. The number of nitrogens with zero attached hydrogens (tertiary/aromatic N) is 1. The number of ether oxygens (including phenoxy) is 3. The molecule has 2 rings (SSSR count). The summed E-state index contributed by atoms with van der Waals surface area (Å²) in [5.41, 5.74) is 0.0125. The van der Waals surface area contributed by atoms with Gasteiger partial charge in [0.1, 0.15) is 17.1 Å². The molecule has 104 valence electrons. The Balaban J connectivity index is 2.43. The summed E-state index contributed by atoms with van der Waals surface area (Å²) < 4.78 is 15.7. The number of benzene rings is 1. The Morgan fingerprint density at radius 1 is 1.15 bits per heavy atom. The predicted octanol–water partition coefficient (Wildman–Crippen LogP) is 2.59. The van der Waals surface area contributed by atoms with Gasteiger partial charge in [-0.2, -0.15) is 0 Å². The summed E-state index contributed by atoms with van der Waals surface area (Å²) >= 11 is 0. The monoisotopic (exact) mass is 275 g/mol. The van der Waals surface area contributed by atoms with Gasteiger partial charge in [-0.1, -0.05) is 0 Å². The maximum absolute atomic E-state index is 11.2. The zero-order chi connectivity index (χ0) is 14.5. The predicted molar refractivity (Wildman–Crippen MR) is 70.8 cm³/mol. The molecule has 1 aromatic carbocycles. The Hall–Kier alpha value is -2.76. The fraction of sp³-hybridized carbons (Fsp3) is 0.143. The first-order valence-electron chi connectivity index (χ1n) is 5.74. The van der Waals surface area contributed by atoms with Gasteiger partial charge in [0.25, 0.3) is 5.88 Å². The van der Waals surface area contributed by atoms with Gasteiger partial charge in [0.05, 0.1) is 14.2 Å². The van der Waals surface area contributed by atoms with Gasteiger partial charge >= 0.3 is 5.97 Å². The molecule has 1 aromatic heterocycles. The molecule has 0 aliphatic rings. The largest absolute Gasteiger partial charge is 0.497 e. The van der Waals surface area contributed by atoms with Crippen LogP contribution in [0.1, 0.15) is 10.4 Å². The molecule has 0 aliphatic carbocycles. The highest BCUT2D eigenvalue weighted by molar-refractivity contribution is 5.91. The Kier molecular flexibility index (Phi) is 4.05. The van der Waals surface area contributed by atoms with E-state index in [0.717, 1.165) is 0 Å². The van der Waals surface area contributed by atoms with Gasteiger partial charge < -0.3 is 19.3 Å². The van der Waals surface area contributed by atoms with E-state index in [0.29, 0.717) is 11.5 Å². The van der Waals surface area contributed by atoms with Crippen molar-refractivity contribution in [2.24, 2.45) is 0 Å². The average Bonchev–Trinajstić information content (AvgIpc) is 2.47. The third-order valence-electron chi connectivity index (χ3n) is 2.58. The van der Waals surface area contributed by atoms with Crippen LogP contribution in [-0.2, 0) is 0 Å². The van der Waals surface area contributed by atoms with E-state index in [2.05, 4.69) is 4.98 Å². The van der Waals surface area contributed by atoms with Gasteiger partial charge in [-0.15, -0.1) is 0 Å². The molecule has 0 amide bonds. The minimum absolute atomic E-state index is 0.0125. The highest BCUT2D eigenvalue weighted by Gasteiger charge is 2.15. The molecule has 6 heteroatoms. The van der Waals surface area contributed by atoms with E-state index in [-0.39, 0.29) is 17.2 Å². The van der Waals surface area contributed by atoms with E-state index in [1.807, 2.05) is 0 Å². The molecule has 0 saturated carbocycles. The zero-order valence-electron chi connectivity index (χ0n) is 11.0. The van der Waals surface area contributed by atoms with Crippen LogP contribution < -0.4 is 14.2 Å². The minimum Gasteiger partial charge on any atom is -0.497 e. The maximum Gasteiger partial charge on any atom is 0.339 e. The van der Waals surface area contributed by atoms with Crippen LogP contribution in [0.25, 0.3) is 0 Å². The second kappa shape index (κ2) is 5.92. The van der Waals surface area contributed by atoms with Crippen LogP contribution in [0.5, 0.6) is 23.1 Å². The quantitative estimate of drug-likeness (QED) is 0.903. The first-order valence-corrected chi connectivity index (χ1v) is 5.74. The lowest BCUT2D eigenvalue weighted by molar-refractivity contribution is 0.0694. The van der Waals surface area contributed by atoms with Gasteiger partial charge in [-0.25, -0.2) is 9.78 Å². The molecule has 0 unspecified atom stereocenters. The van der Waals surface area contributed by atoms with E-state index < -0.39 is 5.97 Å². The van der Waals surface area contributed by atoms with Crippen molar-refractivity contribution >= 4 is 5.97 Å². The lowest BCUT2D eigenvalue weighted by Crippen LogP contribution is -2.02. The number of pyridine rings is 1. The van der Waals surface area contributed by atoms with Crippen molar-refractivity contribution in [3.63, 3.8) is 0 Å². The summed E-state index contributed by atoms with van der Waals surface area (Å²) in [6, 6.07) is 7.80. The zero-order valence-corrected chi connectivity index (χ0v) is 11.0. The number of hydrogen-bond donors (Lipinski definition) is 1. The summed E-state index contributed by atoms with van der Waals surface area (Å²) in [6.45, 7) is 0. The van der Waals surface area contributed by atoms with Crippen molar-refractivity contribution in [2.75, 3.05) is 14.2 Å². The average molecular weight is 275 g/mol. The molecule has 20 heavy (non-hydrogen) atoms. The number of carbonyl (C=O) groups is 1. The molecular formula is C14H13NO5. The first kappa shape index (κ1) is 13.7. The highest BCUT2D eigenvalue weighted by atomic mass is 16.5. The van der Waals surface area contributed by atoms with Crippen molar-refractivity contribution in [1.82, 2.24) is 4.98 Å². The summed E-state index contributed by atoms with van der Waals surface area (Å²) in [5, 5.41) is 9.16. The molecule has 1 heterocycles. The number of rotatable bonds is 5. The molecule has 0 aliphatic heterocycles. The van der Waals surface area contributed by atoms with Crippen LogP contribution in [-0.4, -0.2) is 30.3 Å². The summed E-state index contributed by atoms with van der Waals surface area (Å²) in [7, 11) is 2.97. The Morgan fingerprint density at radius 3 is 2.60 bits per heavy atom. The van der Waals surface area contributed by atoms with Crippen LogP contribution in [0.15, 0.2) is 36.5 Å². The van der Waals surface area contributed by atoms with E-state index in [1.54, 1.807) is 18.2 Å². The molecule has 0 bridgehead atoms. The van der Waals surface area contributed by atoms with Crippen LogP contribution in [0.3, 0.4) is 0 Å².